The van der Waals surface area contributed by atoms with E-state index in [2.05, 4.69) is 19.0 Å². The van der Waals surface area contributed by atoms with E-state index in [9.17, 15) is 18.0 Å². The van der Waals surface area contributed by atoms with Crippen molar-refractivity contribution in [2.75, 3.05) is 40.3 Å². The van der Waals surface area contributed by atoms with Crippen LogP contribution in [0.3, 0.4) is 0 Å². The summed E-state index contributed by atoms with van der Waals surface area (Å²) in [5, 5.41) is 7.12. The number of carboxylic acid groups (broad SMARTS) is 1. The van der Waals surface area contributed by atoms with Crippen LogP contribution in [0.5, 0.6) is 5.75 Å². The number of hydrogen-bond donors (Lipinski definition) is 1. The molecule has 1 aromatic rings. The van der Waals surface area contributed by atoms with Crippen LogP contribution in [-0.4, -0.2) is 85.0 Å². The molecule has 0 aliphatic carbocycles. The maximum absolute atomic E-state index is 12.5. The predicted octanol–water partition coefficient (Wildman–Crippen LogP) is 3.11. The van der Waals surface area contributed by atoms with Crippen molar-refractivity contribution >= 4 is 11.9 Å². The average Bonchev–Trinajstić information content (AvgIpc) is 3.09. The molecule has 0 bridgehead atoms. The number of likely N-dealkylation sites (N-methyl/N-ethyl adjacent to an activating group) is 1. The van der Waals surface area contributed by atoms with E-state index in [0.717, 1.165) is 38.1 Å². The highest BCUT2D eigenvalue weighted by molar-refractivity contribution is 5.78. The molecule has 1 spiro atoms. The highest BCUT2D eigenvalue weighted by atomic mass is 19.4. The van der Waals surface area contributed by atoms with E-state index in [1.807, 2.05) is 36.1 Å². The standard InChI is InChI=1S/C20H30N2O3.C2HF3O2/c1-16-6-8-17(9-7-16)24-14-19(23)22-12-11-20(15-22)10-4-5-18(25-20)13-21(2)3;3-2(4,5)1(6)7/h6-9,18H,4-5,10-15H2,1-3H3;(H,6,7)/t18-,20+;/m0./s1. The van der Waals surface area contributed by atoms with Gasteiger partial charge >= 0.3 is 12.1 Å². The molecule has 7 nitrogen and oxygen atoms in total. The van der Waals surface area contributed by atoms with Gasteiger partial charge in [-0.2, -0.15) is 13.2 Å². The van der Waals surface area contributed by atoms with E-state index in [1.54, 1.807) is 0 Å². The molecular weight excluding hydrogens is 429 g/mol. The molecule has 1 aromatic carbocycles. The normalized spacial score (nSPS) is 23.1. The number of alkyl halides is 3. The SMILES string of the molecule is Cc1ccc(OCC(=O)N2CC[C@]3(CCC[C@@H](CN(C)C)O3)C2)cc1.O=C(O)C(F)(F)F. The maximum atomic E-state index is 12.5. The molecular formula is C22H31F3N2O5. The molecule has 2 atom stereocenters. The summed E-state index contributed by atoms with van der Waals surface area (Å²) in [6, 6.07) is 7.80. The Kier molecular flexibility index (Phi) is 8.91. The van der Waals surface area contributed by atoms with Gasteiger partial charge in [-0.05, 0) is 58.8 Å². The lowest BCUT2D eigenvalue weighted by Crippen LogP contribution is -2.47. The first-order chi connectivity index (χ1) is 14.9. The Morgan fingerprint density at radius 2 is 1.88 bits per heavy atom. The van der Waals surface area contributed by atoms with Gasteiger partial charge in [0.25, 0.3) is 5.91 Å². The minimum Gasteiger partial charge on any atom is -0.484 e. The van der Waals surface area contributed by atoms with E-state index < -0.39 is 12.1 Å². The Hall–Kier alpha value is -2.33. The van der Waals surface area contributed by atoms with Crippen LogP contribution in [0, 0.1) is 6.92 Å². The minimum atomic E-state index is -5.08. The van der Waals surface area contributed by atoms with E-state index in [1.165, 1.54) is 12.0 Å². The molecule has 1 amide bonds. The van der Waals surface area contributed by atoms with Gasteiger partial charge in [-0.15, -0.1) is 0 Å². The number of carbonyl (C=O) groups excluding carboxylic acids is 1. The molecule has 2 heterocycles. The van der Waals surface area contributed by atoms with Crippen LogP contribution in [-0.2, 0) is 14.3 Å². The van der Waals surface area contributed by atoms with Gasteiger partial charge in [-0.1, -0.05) is 17.7 Å². The van der Waals surface area contributed by atoms with Crippen molar-refractivity contribution in [3.63, 3.8) is 0 Å². The zero-order valence-corrected chi connectivity index (χ0v) is 18.7. The number of halogens is 3. The summed E-state index contributed by atoms with van der Waals surface area (Å²) in [7, 11) is 4.16. The van der Waals surface area contributed by atoms with Gasteiger partial charge in [0.15, 0.2) is 6.61 Å². The Bertz CT molecular complexity index is 770. The topological polar surface area (TPSA) is 79.3 Å². The predicted molar refractivity (Wildman–Crippen MR) is 112 cm³/mol. The molecule has 180 valence electrons. The highest BCUT2D eigenvalue weighted by Gasteiger charge is 2.44. The number of carbonyl (C=O) groups is 2. The van der Waals surface area contributed by atoms with Crippen molar-refractivity contribution in [3.05, 3.63) is 29.8 Å². The molecule has 1 N–H and O–H groups in total. The number of likely N-dealkylation sites (tertiary alicyclic amines) is 1. The summed E-state index contributed by atoms with van der Waals surface area (Å²) in [5.74, 6) is -1.96. The van der Waals surface area contributed by atoms with Crippen molar-refractivity contribution in [2.45, 2.75) is 50.5 Å². The molecule has 0 radical (unpaired) electrons. The van der Waals surface area contributed by atoms with Crippen molar-refractivity contribution < 1.29 is 37.3 Å². The summed E-state index contributed by atoms with van der Waals surface area (Å²) >= 11 is 0. The Morgan fingerprint density at radius 3 is 2.44 bits per heavy atom. The van der Waals surface area contributed by atoms with Gasteiger partial charge in [0.2, 0.25) is 0 Å². The summed E-state index contributed by atoms with van der Waals surface area (Å²) in [6.07, 6.45) is -0.514. The van der Waals surface area contributed by atoms with Crippen LogP contribution in [0.1, 0.15) is 31.2 Å². The summed E-state index contributed by atoms with van der Waals surface area (Å²) in [4.78, 5) is 25.5. The first kappa shape index (κ1) is 25.9. The minimum absolute atomic E-state index is 0.0517. The summed E-state index contributed by atoms with van der Waals surface area (Å²) < 4.78 is 43.8. The molecule has 32 heavy (non-hydrogen) atoms. The molecule has 2 aliphatic rings. The molecule has 2 saturated heterocycles. The third kappa shape index (κ3) is 7.98. The molecule has 2 aliphatic heterocycles. The van der Waals surface area contributed by atoms with Crippen molar-refractivity contribution in [1.29, 1.82) is 0 Å². The van der Waals surface area contributed by atoms with E-state index >= 15 is 0 Å². The van der Waals surface area contributed by atoms with Crippen LogP contribution >= 0.6 is 0 Å². The molecule has 0 saturated carbocycles. The van der Waals surface area contributed by atoms with Gasteiger partial charge in [-0.25, -0.2) is 4.79 Å². The first-order valence-corrected chi connectivity index (χ1v) is 10.5. The number of ether oxygens (including phenoxy) is 2. The number of rotatable bonds is 5. The van der Waals surface area contributed by atoms with Gasteiger partial charge in [0.1, 0.15) is 5.75 Å². The molecule has 0 unspecified atom stereocenters. The lowest BCUT2D eigenvalue weighted by atomic mass is 9.90. The highest BCUT2D eigenvalue weighted by Crippen LogP contribution is 2.36. The fraction of sp³-hybridized carbons (Fsp3) is 0.636. The second kappa shape index (κ2) is 11.0. The number of benzene rings is 1. The zero-order valence-electron chi connectivity index (χ0n) is 18.7. The first-order valence-electron chi connectivity index (χ1n) is 10.5. The van der Waals surface area contributed by atoms with Crippen molar-refractivity contribution in [1.82, 2.24) is 9.80 Å². The average molecular weight is 460 g/mol. The third-order valence-corrected chi connectivity index (χ3v) is 5.44. The van der Waals surface area contributed by atoms with Gasteiger partial charge in [-0.3, -0.25) is 4.79 Å². The lowest BCUT2D eigenvalue weighted by Gasteiger charge is -2.39. The number of hydrogen-bond acceptors (Lipinski definition) is 5. The number of amides is 1. The van der Waals surface area contributed by atoms with Crippen molar-refractivity contribution in [3.8, 4) is 5.75 Å². The fourth-order valence-electron chi connectivity index (χ4n) is 3.89. The Balaban J connectivity index is 0.000000451. The second-order valence-electron chi connectivity index (χ2n) is 8.55. The van der Waals surface area contributed by atoms with Gasteiger partial charge in [0, 0.05) is 19.6 Å². The van der Waals surface area contributed by atoms with Gasteiger partial charge < -0.3 is 24.4 Å². The summed E-state index contributed by atoms with van der Waals surface area (Å²) in [6.45, 7) is 4.55. The number of carboxylic acids is 1. The summed E-state index contributed by atoms with van der Waals surface area (Å²) in [5.41, 5.74) is 1.04. The third-order valence-electron chi connectivity index (χ3n) is 5.44. The van der Waals surface area contributed by atoms with Crippen molar-refractivity contribution in [2.24, 2.45) is 0 Å². The van der Waals surface area contributed by atoms with Gasteiger partial charge in [0.05, 0.1) is 11.7 Å². The smallest absolute Gasteiger partial charge is 0.484 e. The van der Waals surface area contributed by atoms with Crippen LogP contribution in [0.4, 0.5) is 13.2 Å². The number of nitrogens with zero attached hydrogens (tertiary/aromatic N) is 2. The molecule has 3 rings (SSSR count). The zero-order chi connectivity index (χ0) is 23.9. The van der Waals surface area contributed by atoms with E-state index in [0.29, 0.717) is 6.54 Å². The van der Waals surface area contributed by atoms with Crippen LogP contribution in [0.25, 0.3) is 0 Å². The largest absolute Gasteiger partial charge is 0.490 e. The monoisotopic (exact) mass is 460 g/mol. The van der Waals surface area contributed by atoms with Crippen LogP contribution in [0.2, 0.25) is 0 Å². The maximum Gasteiger partial charge on any atom is 0.490 e. The van der Waals surface area contributed by atoms with Crippen LogP contribution in [0.15, 0.2) is 24.3 Å². The molecule has 2 fully saturated rings. The lowest BCUT2D eigenvalue weighted by molar-refractivity contribution is -0.192. The second-order valence-corrected chi connectivity index (χ2v) is 8.55. The number of aryl methyl sites for hydroxylation is 1. The van der Waals surface area contributed by atoms with E-state index in [-0.39, 0.29) is 24.2 Å². The van der Waals surface area contributed by atoms with E-state index in [4.69, 9.17) is 19.4 Å². The Labute approximate surface area is 186 Å². The number of aliphatic carboxylic acids is 1. The molecule has 0 aromatic heterocycles. The molecule has 10 heteroatoms. The quantitative estimate of drug-likeness (QED) is 0.728. The fourth-order valence-corrected chi connectivity index (χ4v) is 3.89. The van der Waals surface area contributed by atoms with Crippen LogP contribution < -0.4 is 4.74 Å². The Morgan fingerprint density at radius 1 is 1.25 bits per heavy atom.